The molecule has 4 N–H and O–H groups in total. The van der Waals surface area contributed by atoms with Gasteiger partial charge in [0, 0.05) is 19.9 Å². The number of hydrogen-bond acceptors (Lipinski definition) is 10. The van der Waals surface area contributed by atoms with Crippen molar-refractivity contribution in [3.05, 3.63) is 23.7 Å². The molecule has 0 saturated heterocycles. The van der Waals surface area contributed by atoms with Crippen LogP contribution in [0, 0.1) is 19.8 Å². The number of fused-ring (bicyclic) bond motifs is 1. The summed E-state index contributed by atoms with van der Waals surface area (Å²) in [5, 5.41) is 27.7. The fraction of sp³-hybridized carbons (Fsp3) is 0.565. The fourth-order valence-electron chi connectivity index (χ4n) is 4.27. The van der Waals surface area contributed by atoms with Crippen molar-refractivity contribution in [2.45, 2.75) is 64.4 Å². The van der Waals surface area contributed by atoms with E-state index in [9.17, 15) is 19.0 Å². The van der Waals surface area contributed by atoms with E-state index in [1.54, 1.807) is 13.3 Å². The van der Waals surface area contributed by atoms with Gasteiger partial charge in [-0.05, 0) is 40.2 Å². The molecule has 12 heteroatoms. The first-order valence-electron chi connectivity index (χ1n) is 11.4. The number of aromatic nitrogens is 4. The lowest BCUT2D eigenvalue weighted by Crippen LogP contribution is -2.38. The Morgan fingerprint density at radius 3 is 2.57 bits per heavy atom. The Morgan fingerprint density at radius 2 is 1.94 bits per heavy atom. The van der Waals surface area contributed by atoms with E-state index in [1.165, 1.54) is 11.3 Å². The number of hydrogen-bond donors (Lipinski definition) is 4. The molecule has 4 rings (SSSR count). The molecule has 0 radical (unpaired) electrons. The lowest BCUT2D eigenvalue weighted by atomic mass is 9.98. The third kappa shape index (κ3) is 5.20. The Labute approximate surface area is 206 Å². The summed E-state index contributed by atoms with van der Waals surface area (Å²) in [5.41, 5.74) is 2.76. The monoisotopic (exact) mass is 508 g/mol. The first kappa shape index (κ1) is 25.5. The van der Waals surface area contributed by atoms with Gasteiger partial charge in [-0.1, -0.05) is 0 Å². The van der Waals surface area contributed by atoms with Crippen molar-refractivity contribution in [3.8, 4) is 10.6 Å². The summed E-state index contributed by atoms with van der Waals surface area (Å²) < 4.78 is 34.3. The molecular formula is C23H30F2N6O3S. The molecule has 3 aromatic heterocycles. The maximum absolute atomic E-state index is 14.0. The van der Waals surface area contributed by atoms with Gasteiger partial charge in [0.1, 0.15) is 22.4 Å². The minimum atomic E-state index is -3.14. The van der Waals surface area contributed by atoms with E-state index in [0.717, 1.165) is 22.8 Å². The predicted molar refractivity (Wildman–Crippen MR) is 131 cm³/mol. The van der Waals surface area contributed by atoms with E-state index in [4.69, 9.17) is 9.72 Å². The van der Waals surface area contributed by atoms with Crippen LogP contribution in [0.5, 0.6) is 0 Å². The first-order chi connectivity index (χ1) is 16.5. The number of pyridine rings is 1. The summed E-state index contributed by atoms with van der Waals surface area (Å²) >= 11 is 1.44. The van der Waals surface area contributed by atoms with Crippen molar-refractivity contribution in [3.63, 3.8) is 0 Å². The molecule has 3 heterocycles. The quantitative estimate of drug-likeness (QED) is 0.362. The van der Waals surface area contributed by atoms with Gasteiger partial charge in [-0.2, -0.15) is 4.98 Å². The zero-order valence-electron chi connectivity index (χ0n) is 20.2. The van der Waals surface area contributed by atoms with Gasteiger partial charge < -0.3 is 25.6 Å². The van der Waals surface area contributed by atoms with E-state index in [1.807, 2.05) is 26.8 Å². The molecule has 35 heavy (non-hydrogen) atoms. The third-order valence-electron chi connectivity index (χ3n) is 6.40. The number of halogens is 2. The number of nitrogens with one attached hydrogen (secondary N) is 2. The maximum Gasteiger partial charge on any atom is 0.250 e. The van der Waals surface area contributed by atoms with Crippen LogP contribution in [0.25, 0.3) is 20.8 Å². The molecule has 0 bridgehead atoms. The highest BCUT2D eigenvalue weighted by Crippen LogP contribution is 2.41. The molecule has 1 unspecified atom stereocenters. The molecule has 190 valence electrons. The van der Waals surface area contributed by atoms with Crippen molar-refractivity contribution in [2.75, 3.05) is 24.3 Å². The van der Waals surface area contributed by atoms with Gasteiger partial charge in [-0.25, -0.2) is 18.7 Å². The Hall–Kier alpha value is -2.54. The minimum absolute atomic E-state index is 0.0888. The summed E-state index contributed by atoms with van der Waals surface area (Å²) in [6, 6.07) is 1.04. The number of anilines is 2. The molecule has 0 aliphatic heterocycles. The van der Waals surface area contributed by atoms with Crippen molar-refractivity contribution in [2.24, 2.45) is 5.92 Å². The SMILES string of the molecule is CO[C@@H](C)CNc1nc(C)c(-c2nc3c(C)nccc3s2)c(NC2C[C@H](C(C)(F)F)[C@@H](O)[C@H]2O)n1. The Morgan fingerprint density at radius 1 is 1.20 bits per heavy atom. The number of thiazole rings is 1. The second kappa shape index (κ2) is 9.84. The Kier molecular flexibility index (Phi) is 7.18. The van der Waals surface area contributed by atoms with E-state index < -0.39 is 30.1 Å². The number of aliphatic hydroxyl groups is 2. The van der Waals surface area contributed by atoms with Crippen LogP contribution in [-0.4, -0.2) is 74.1 Å². The van der Waals surface area contributed by atoms with Crippen LogP contribution in [0.2, 0.25) is 0 Å². The third-order valence-corrected chi connectivity index (χ3v) is 7.44. The Bertz CT molecular complexity index is 1200. The number of aryl methyl sites for hydroxylation is 2. The zero-order chi connectivity index (χ0) is 25.5. The van der Waals surface area contributed by atoms with Crippen LogP contribution in [0.3, 0.4) is 0 Å². The summed E-state index contributed by atoms with van der Waals surface area (Å²) in [7, 11) is 1.60. The number of alkyl halides is 2. The summed E-state index contributed by atoms with van der Waals surface area (Å²) in [6.07, 6.45) is -1.45. The summed E-state index contributed by atoms with van der Waals surface area (Å²) in [4.78, 5) is 18.2. The van der Waals surface area contributed by atoms with Gasteiger partial charge in [0.05, 0.1) is 45.8 Å². The summed E-state index contributed by atoms with van der Waals surface area (Å²) in [6.45, 7) is 6.79. The number of ether oxygens (including phenoxy) is 1. The molecular weight excluding hydrogens is 478 g/mol. The highest BCUT2D eigenvalue weighted by molar-refractivity contribution is 7.21. The number of rotatable bonds is 8. The summed E-state index contributed by atoms with van der Waals surface area (Å²) in [5.74, 6) is -3.85. The molecule has 1 aliphatic carbocycles. The highest BCUT2D eigenvalue weighted by Gasteiger charge is 2.51. The molecule has 9 nitrogen and oxygen atoms in total. The molecule has 3 aromatic rings. The Balaban J connectivity index is 1.75. The largest absolute Gasteiger partial charge is 0.390 e. The predicted octanol–water partition coefficient (Wildman–Crippen LogP) is 3.39. The number of aliphatic hydroxyl groups excluding tert-OH is 2. The normalized spacial score (nSPS) is 23.6. The molecule has 0 spiro atoms. The van der Waals surface area contributed by atoms with Gasteiger partial charge >= 0.3 is 0 Å². The van der Waals surface area contributed by atoms with Crippen LogP contribution in [0.1, 0.15) is 31.7 Å². The van der Waals surface area contributed by atoms with Crippen LogP contribution in [0.15, 0.2) is 12.3 Å². The van der Waals surface area contributed by atoms with Crippen molar-refractivity contribution in [1.82, 2.24) is 19.9 Å². The average molecular weight is 509 g/mol. The average Bonchev–Trinajstić information content (AvgIpc) is 3.34. The van der Waals surface area contributed by atoms with Crippen LogP contribution >= 0.6 is 11.3 Å². The second-order valence-electron chi connectivity index (χ2n) is 9.08. The van der Waals surface area contributed by atoms with Gasteiger partial charge in [-0.3, -0.25) is 4.98 Å². The fourth-order valence-corrected chi connectivity index (χ4v) is 5.39. The van der Waals surface area contributed by atoms with Crippen LogP contribution in [-0.2, 0) is 4.74 Å². The van der Waals surface area contributed by atoms with E-state index in [-0.39, 0.29) is 12.5 Å². The van der Waals surface area contributed by atoms with Gasteiger partial charge in [-0.15, -0.1) is 11.3 Å². The second-order valence-corrected chi connectivity index (χ2v) is 10.1. The zero-order valence-corrected chi connectivity index (χ0v) is 21.0. The standard InChI is InChI=1S/C23H30F2N6O3S/c1-10(34-5)9-27-22-28-11(2)16(21-30-17-12(3)26-7-6-15(17)35-21)20(31-22)29-14-8-13(23(4,24)25)18(32)19(14)33/h6-7,10,13-14,18-19,32-33H,8-9H2,1-5H3,(H2,27,28,29,31)/t10-,13-,14?,18+,19-/m0/s1. The smallest absolute Gasteiger partial charge is 0.250 e. The van der Waals surface area contributed by atoms with Gasteiger partial charge in [0.15, 0.2) is 0 Å². The number of methoxy groups -OCH3 is 1. The highest BCUT2D eigenvalue weighted by atomic mass is 32.1. The molecule has 0 aromatic carbocycles. The van der Waals surface area contributed by atoms with Crippen LogP contribution < -0.4 is 10.6 Å². The maximum atomic E-state index is 14.0. The van der Waals surface area contributed by atoms with E-state index >= 15 is 0 Å². The number of nitrogens with zero attached hydrogens (tertiary/aromatic N) is 4. The van der Waals surface area contributed by atoms with Gasteiger partial charge in [0.25, 0.3) is 5.92 Å². The molecule has 1 saturated carbocycles. The van der Waals surface area contributed by atoms with E-state index in [2.05, 4.69) is 25.6 Å². The topological polar surface area (TPSA) is 125 Å². The lowest BCUT2D eigenvalue weighted by Gasteiger charge is -2.22. The molecule has 1 fully saturated rings. The first-order valence-corrected chi connectivity index (χ1v) is 12.2. The van der Waals surface area contributed by atoms with Crippen molar-refractivity contribution >= 4 is 33.3 Å². The van der Waals surface area contributed by atoms with E-state index in [0.29, 0.717) is 34.6 Å². The minimum Gasteiger partial charge on any atom is -0.390 e. The van der Waals surface area contributed by atoms with Gasteiger partial charge in [0.2, 0.25) is 5.95 Å². The van der Waals surface area contributed by atoms with Crippen molar-refractivity contribution < 1.29 is 23.7 Å². The molecule has 5 atom stereocenters. The lowest BCUT2D eigenvalue weighted by molar-refractivity contribution is -0.0950. The van der Waals surface area contributed by atoms with Crippen molar-refractivity contribution in [1.29, 1.82) is 0 Å². The molecule has 1 aliphatic rings. The molecule has 0 amide bonds. The van der Waals surface area contributed by atoms with Crippen LogP contribution in [0.4, 0.5) is 20.5 Å².